The van der Waals surface area contributed by atoms with Gasteiger partial charge >= 0.3 is 0 Å². The summed E-state index contributed by atoms with van der Waals surface area (Å²) in [5, 5.41) is 11.3. The number of hydrogen-bond acceptors (Lipinski definition) is 4. The smallest absolute Gasteiger partial charge is 0.273 e. The maximum absolute atomic E-state index is 11.8. The Morgan fingerprint density at radius 3 is 2.76 bits per heavy atom. The third-order valence-electron chi connectivity index (χ3n) is 4.77. The molecule has 25 heavy (non-hydrogen) atoms. The van der Waals surface area contributed by atoms with Gasteiger partial charge in [0.25, 0.3) is 5.69 Å². The predicted octanol–water partition coefficient (Wildman–Crippen LogP) is 3.73. The third-order valence-corrected chi connectivity index (χ3v) is 4.77. The number of aldehydes is 1. The molecule has 1 aliphatic heterocycles. The van der Waals surface area contributed by atoms with Crippen LogP contribution in [0.4, 0.5) is 5.69 Å². The summed E-state index contributed by atoms with van der Waals surface area (Å²) in [5.41, 5.74) is 3.65. The van der Waals surface area contributed by atoms with Crippen LogP contribution in [0.1, 0.15) is 29.5 Å². The van der Waals surface area contributed by atoms with Crippen molar-refractivity contribution in [3.63, 3.8) is 0 Å². The molecule has 4 rings (SSSR count). The lowest BCUT2D eigenvalue weighted by molar-refractivity contribution is -0.385. The van der Waals surface area contributed by atoms with Crippen molar-refractivity contribution >= 4 is 12.0 Å². The van der Waals surface area contributed by atoms with Gasteiger partial charge in [0.05, 0.1) is 29.2 Å². The highest BCUT2D eigenvalue weighted by molar-refractivity contribution is 5.70. The normalized spacial score (nSPS) is 16.1. The Labute approximate surface area is 143 Å². The first-order chi connectivity index (χ1) is 12.2. The topological polar surface area (TPSA) is 78.0 Å². The minimum absolute atomic E-state index is 0.0169. The quantitative estimate of drug-likeness (QED) is 0.405. The Morgan fingerprint density at radius 1 is 1.20 bits per heavy atom. The van der Waals surface area contributed by atoms with Crippen LogP contribution < -0.4 is 0 Å². The van der Waals surface area contributed by atoms with E-state index in [9.17, 15) is 14.9 Å². The van der Waals surface area contributed by atoms with E-state index in [1.54, 1.807) is 30.7 Å². The van der Waals surface area contributed by atoms with Gasteiger partial charge in [0.15, 0.2) is 0 Å². The molecule has 0 bridgehead atoms. The number of nitro benzene ring substituents is 1. The molecule has 1 aromatic heterocycles. The van der Waals surface area contributed by atoms with E-state index < -0.39 is 10.8 Å². The predicted molar refractivity (Wildman–Crippen MR) is 92.3 cm³/mol. The summed E-state index contributed by atoms with van der Waals surface area (Å²) < 4.78 is 2.04. The summed E-state index contributed by atoms with van der Waals surface area (Å²) in [5.74, 6) is -0.562. The first kappa shape index (κ1) is 15.3. The van der Waals surface area contributed by atoms with Gasteiger partial charge in [-0.25, -0.2) is 4.98 Å². The van der Waals surface area contributed by atoms with Crippen LogP contribution in [0.15, 0.2) is 61.1 Å². The van der Waals surface area contributed by atoms with E-state index in [2.05, 4.69) is 4.98 Å². The Hall–Kier alpha value is -3.28. The summed E-state index contributed by atoms with van der Waals surface area (Å²) in [4.78, 5) is 26.9. The molecule has 2 heterocycles. The van der Waals surface area contributed by atoms with Crippen LogP contribution in [0, 0.1) is 10.1 Å². The van der Waals surface area contributed by atoms with Gasteiger partial charge in [-0.2, -0.15) is 0 Å². The van der Waals surface area contributed by atoms with E-state index in [1.165, 1.54) is 6.07 Å². The molecule has 0 saturated carbocycles. The number of carbonyl (C=O) groups excluding carboxylic acids is 1. The number of nitro groups is 1. The van der Waals surface area contributed by atoms with Crippen molar-refractivity contribution in [3.05, 3.63) is 82.3 Å². The van der Waals surface area contributed by atoms with Crippen molar-refractivity contribution in [1.29, 1.82) is 0 Å². The second-order valence-corrected chi connectivity index (χ2v) is 6.08. The molecule has 6 heteroatoms. The van der Waals surface area contributed by atoms with Gasteiger partial charge < -0.3 is 9.36 Å². The van der Waals surface area contributed by atoms with Gasteiger partial charge in [-0.1, -0.05) is 42.5 Å². The van der Waals surface area contributed by atoms with E-state index >= 15 is 0 Å². The summed E-state index contributed by atoms with van der Waals surface area (Å²) in [6, 6.07) is 14.4. The highest BCUT2D eigenvalue weighted by Gasteiger charge is 2.32. The van der Waals surface area contributed by atoms with E-state index in [-0.39, 0.29) is 11.7 Å². The SMILES string of the molecule is O=CC(CC1c2ccccc2-c2cncn21)c1ccccc1[N+](=O)[O-]. The molecular weight excluding hydrogens is 318 g/mol. The van der Waals surface area contributed by atoms with Crippen LogP contribution >= 0.6 is 0 Å². The molecule has 2 atom stereocenters. The highest BCUT2D eigenvalue weighted by Crippen LogP contribution is 2.43. The van der Waals surface area contributed by atoms with Gasteiger partial charge in [-0.3, -0.25) is 10.1 Å². The number of para-hydroxylation sites is 1. The van der Waals surface area contributed by atoms with Crippen molar-refractivity contribution < 1.29 is 9.72 Å². The van der Waals surface area contributed by atoms with Crippen LogP contribution in [-0.2, 0) is 4.79 Å². The summed E-state index contributed by atoms with van der Waals surface area (Å²) >= 11 is 0. The van der Waals surface area contributed by atoms with Crippen molar-refractivity contribution in [2.45, 2.75) is 18.4 Å². The molecule has 2 unspecified atom stereocenters. The van der Waals surface area contributed by atoms with Crippen LogP contribution in [0.2, 0.25) is 0 Å². The van der Waals surface area contributed by atoms with Gasteiger partial charge in [-0.05, 0) is 12.0 Å². The zero-order valence-electron chi connectivity index (χ0n) is 13.3. The monoisotopic (exact) mass is 333 g/mol. The molecule has 0 saturated heterocycles. The maximum Gasteiger partial charge on any atom is 0.273 e. The number of hydrogen-bond donors (Lipinski definition) is 0. The van der Waals surface area contributed by atoms with Gasteiger partial charge in [0.1, 0.15) is 6.29 Å². The number of benzene rings is 2. The molecule has 0 spiro atoms. The zero-order chi connectivity index (χ0) is 17.4. The fraction of sp³-hybridized carbons (Fsp3) is 0.158. The Balaban J connectivity index is 1.75. The van der Waals surface area contributed by atoms with Gasteiger partial charge in [0.2, 0.25) is 0 Å². The maximum atomic E-state index is 11.8. The molecule has 124 valence electrons. The number of nitrogens with zero attached hydrogens (tertiary/aromatic N) is 3. The molecule has 0 N–H and O–H groups in total. The molecule has 2 aromatic carbocycles. The summed E-state index contributed by atoms with van der Waals surface area (Å²) in [6.07, 6.45) is 4.82. The Kier molecular flexibility index (Phi) is 3.65. The molecule has 0 amide bonds. The van der Waals surface area contributed by atoms with Crippen LogP contribution in [0.3, 0.4) is 0 Å². The minimum atomic E-state index is -0.562. The lowest BCUT2D eigenvalue weighted by Crippen LogP contribution is -2.13. The average molecular weight is 333 g/mol. The molecule has 0 radical (unpaired) electrons. The third kappa shape index (κ3) is 2.42. The van der Waals surface area contributed by atoms with E-state index in [0.717, 1.165) is 23.1 Å². The molecule has 6 nitrogen and oxygen atoms in total. The second-order valence-electron chi connectivity index (χ2n) is 6.08. The van der Waals surface area contributed by atoms with E-state index in [4.69, 9.17) is 0 Å². The standard InChI is InChI=1S/C19H15N3O3/c23-11-13(14-5-3-4-8-17(14)22(24)25)9-18-15-6-1-2-7-16(15)19-10-20-12-21(18)19/h1-8,10-13,18H,9H2. The lowest BCUT2D eigenvalue weighted by atomic mass is 9.89. The first-order valence-corrected chi connectivity index (χ1v) is 8.00. The molecular formula is C19H15N3O3. The molecule has 0 aliphatic carbocycles. The highest BCUT2D eigenvalue weighted by atomic mass is 16.6. The number of rotatable bonds is 5. The molecule has 0 fully saturated rings. The first-order valence-electron chi connectivity index (χ1n) is 8.00. The van der Waals surface area contributed by atoms with Crippen LogP contribution in [0.5, 0.6) is 0 Å². The number of fused-ring (bicyclic) bond motifs is 3. The Morgan fingerprint density at radius 2 is 1.96 bits per heavy atom. The molecule has 1 aliphatic rings. The van der Waals surface area contributed by atoms with Gasteiger partial charge in [-0.15, -0.1) is 0 Å². The fourth-order valence-electron chi connectivity index (χ4n) is 3.64. The van der Waals surface area contributed by atoms with Gasteiger partial charge in [0, 0.05) is 23.1 Å². The summed E-state index contributed by atoms with van der Waals surface area (Å²) in [6.45, 7) is 0. The average Bonchev–Trinajstić information content (AvgIpc) is 3.22. The largest absolute Gasteiger partial charge is 0.323 e. The number of aromatic nitrogens is 2. The minimum Gasteiger partial charge on any atom is -0.323 e. The van der Waals surface area contributed by atoms with Crippen molar-refractivity contribution in [3.8, 4) is 11.3 Å². The van der Waals surface area contributed by atoms with Crippen LogP contribution in [0.25, 0.3) is 11.3 Å². The zero-order valence-corrected chi connectivity index (χ0v) is 13.3. The fourth-order valence-corrected chi connectivity index (χ4v) is 3.64. The lowest BCUT2D eigenvalue weighted by Gasteiger charge is -2.19. The number of carbonyl (C=O) groups is 1. The van der Waals surface area contributed by atoms with Crippen molar-refractivity contribution in [1.82, 2.24) is 9.55 Å². The Bertz CT molecular complexity index is 964. The number of imidazole rings is 1. The summed E-state index contributed by atoms with van der Waals surface area (Å²) in [7, 11) is 0. The van der Waals surface area contributed by atoms with E-state index in [1.807, 2.05) is 28.8 Å². The second kappa shape index (κ2) is 5.98. The van der Waals surface area contributed by atoms with E-state index in [0.29, 0.717) is 12.0 Å². The molecule has 3 aromatic rings. The van der Waals surface area contributed by atoms with Crippen molar-refractivity contribution in [2.24, 2.45) is 0 Å². The van der Waals surface area contributed by atoms with Crippen molar-refractivity contribution in [2.75, 3.05) is 0 Å². The van der Waals surface area contributed by atoms with Crippen LogP contribution in [-0.4, -0.2) is 20.8 Å².